The van der Waals surface area contributed by atoms with Crippen molar-refractivity contribution < 1.29 is 22.8 Å². The van der Waals surface area contributed by atoms with E-state index < -0.39 is 24.0 Å². The second kappa shape index (κ2) is 4.47. The largest absolute Gasteiger partial charge is 0.472 e. The van der Waals surface area contributed by atoms with Crippen LogP contribution in [0.4, 0.5) is 13.2 Å². The van der Waals surface area contributed by atoms with E-state index in [1.165, 1.54) is 5.43 Å². The first-order valence-electron chi connectivity index (χ1n) is 4.31. The molecule has 1 saturated heterocycles. The molecule has 2 amide bonds. The maximum Gasteiger partial charge on any atom is 0.472 e. The SMILES string of the molecule is O=C(NNC(=O)C(F)(F)F)C1CCCN1. The van der Waals surface area contributed by atoms with E-state index in [-0.39, 0.29) is 0 Å². The number of amides is 2. The number of hydrogen-bond donors (Lipinski definition) is 3. The Bertz CT molecular complexity index is 261. The fourth-order valence-corrected chi connectivity index (χ4v) is 1.18. The van der Waals surface area contributed by atoms with Gasteiger partial charge in [-0.25, -0.2) is 0 Å². The van der Waals surface area contributed by atoms with E-state index in [0.717, 1.165) is 6.42 Å². The highest BCUT2D eigenvalue weighted by Gasteiger charge is 2.39. The average Bonchev–Trinajstić information content (AvgIpc) is 2.64. The number of carbonyl (C=O) groups is 2. The van der Waals surface area contributed by atoms with Crippen LogP contribution in [0.5, 0.6) is 0 Å². The first kappa shape index (κ1) is 11.8. The van der Waals surface area contributed by atoms with Crippen molar-refractivity contribution in [1.29, 1.82) is 0 Å². The van der Waals surface area contributed by atoms with E-state index in [2.05, 4.69) is 5.32 Å². The predicted octanol–water partition coefficient (Wildman–Crippen LogP) is -0.552. The van der Waals surface area contributed by atoms with Gasteiger partial charge in [0, 0.05) is 0 Å². The molecule has 1 aliphatic rings. The van der Waals surface area contributed by atoms with Crippen molar-refractivity contribution in [3.63, 3.8) is 0 Å². The molecule has 1 rings (SSSR count). The van der Waals surface area contributed by atoms with Crippen molar-refractivity contribution in [2.75, 3.05) is 6.54 Å². The first-order chi connectivity index (χ1) is 6.91. The molecule has 0 aliphatic carbocycles. The number of rotatable bonds is 1. The maximum atomic E-state index is 11.7. The third kappa shape index (κ3) is 3.39. The lowest BCUT2D eigenvalue weighted by Gasteiger charge is -2.12. The summed E-state index contributed by atoms with van der Waals surface area (Å²) in [6.45, 7) is 0.644. The minimum Gasteiger partial charge on any atom is -0.306 e. The van der Waals surface area contributed by atoms with Gasteiger partial charge >= 0.3 is 12.1 Å². The van der Waals surface area contributed by atoms with Crippen LogP contribution in [0.25, 0.3) is 0 Å². The highest BCUT2D eigenvalue weighted by molar-refractivity contribution is 5.87. The molecule has 1 unspecified atom stereocenters. The molecule has 1 atom stereocenters. The molecular formula is C7H10F3N3O2. The highest BCUT2D eigenvalue weighted by atomic mass is 19.4. The fourth-order valence-electron chi connectivity index (χ4n) is 1.18. The summed E-state index contributed by atoms with van der Waals surface area (Å²) in [5.41, 5.74) is 3.01. The minimum atomic E-state index is -4.99. The van der Waals surface area contributed by atoms with Crippen molar-refractivity contribution in [1.82, 2.24) is 16.2 Å². The van der Waals surface area contributed by atoms with E-state index in [9.17, 15) is 22.8 Å². The minimum absolute atomic E-state index is 0.529. The van der Waals surface area contributed by atoms with E-state index in [4.69, 9.17) is 0 Å². The predicted molar refractivity (Wildman–Crippen MR) is 43.4 cm³/mol. The van der Waals surface area contributed by atoms with Crippen LogP contribution >= 0.6 is 0 Å². The lowest BCUT2D eigenvalue weighted by Crippen LogP contribution is -2.52. The normalized spacial score (nSPS) is 21.1. The second-order valence-electron chi connectivity index (χ2n) is 3.09. The summed E-state index contributed by atoms with van der Waals surface area (Å²) in [6, 6.07) is -0.529. The number of nitrogens with one attached hydrogen (secondary N) is 3. The smallest absolute Gasteiger partial charge is 0.306 e. The third-order valence-electron chi connectivity index (χ3n) is 1.93. The number of hydrazine groups is 1. The van der Waals surface area contributed by atoms with Gasteiger partial charge in [0.2, 0.25) is 0 Å². The van der Waals surface area contributed by atoms with Crippen LogP contribution in [0.2, 0.25) is 0 Å². The quantitative estimate of drug-likeness (QED) is 0.524. The molecule has 0 radical (unpaired) electrons. The maximum absolute atomic E-state index is 11.7. The number of alkyl halides is 3. The van der Waals surface area contributed by atoms with Crippen LogP contribution in [0.1, 0.15) is 12.8 Å². The van der Waals surface area contributed by atoms with Crippen LogP contribution in [0.15, 0.2) is 0 Å². The Labute approximate surface area is 83.4 Å². The Morgan fingerprint density at radius 2 is 1.93 bits per heavy atom. The van der Waals surface area contributed by atoms with Gasteiger partial charge in [-0.3, -0.25) is 20.4 Å². The zero-order valence-corrected chi connectivity index (χ0v) is 7.65. The summed E-state index contributed by atoms with van der Waals surface area (Å²) in [7, 11) is 0. The molecule has 8 heteroatoms. The standard InChI is InChI=1S/C7H10F3N3O2/c8-7(9,10)6(15)13-12-5(14)4-2-1-3-11-4/h4,11H,1-3H2,(H,12,14)(H,13,15). The van der Waals surface area contributed by atoms with Crippen molar-refractivity contribution in [2.24, 2.45) is 0 Å². The third-order valence-corrected chi connectivity index (χ3v) is 1.93. The van der Waals surface area contributed by atoms with Crippen molar-refractivity contribution in [3.8, 4) is 0 Å². The summed E-state index contributed by atoms with van der Waals surface area (Å²) in [5.74, 6) is -2.85. The van der Waals surface area contributed by atoms with E-state index >= 15 is 0 Å². The van der Waals surface area contributed by atoms with Gasteiger partial charge in [0.1, 0.15) is 0 Å². The number of halogens is 3. The van der Waals surface area contributed by atoms with E-state index in [0.29, 0.717) is 13.0 Å². The molecule has 0 aromatic heterocycles. The lowest BCUT2D eigenvalue weighted by molar-refractivity contribution is -0.175. The Kier molecular flexibility index (Phi) is 3.51. The molecule has 0 spiro atoms. The zero-order valence-electron chi connectivity index (χ0n) is 7.65. The lowest BCUT2D eigenvalue weighted by atomic mass is 10.2. The van der Waals surface area contributed by atoms with Crippen LogP contribution in [0, 0.1) is 0 Å². The first-order valence-corrected chi connectivity index (χ1v) is 4.31. The van der Waals surface area contributed by atoms with Crippen molar-refractivity contribution in [3.05, 3.63) is 0 Å². The second-order valence-corrected chi connectivity index (χ2v) is 3.09. The Morgan fingerprint density at radius 3 is 2.40 bits per heavy atom. The van der Waals surface area contributed by atoms with Gasteiger partial charge in [-0.15, -0.1) is 0 Å². The molecule has 0 saturated carbocycles. The Morgan fingerprint density at radius 1 is 1.27 bits per heavy atom. The van der Waals surface area contributed by atoms with Gasteiger partial charge in [0.05, 0.1) is 6.04 Å². The van der Waals surface area contributed by atoms with Gasteiger partial charge in [-0.05, 0) is 19.4 Å². The van der Waals surface area contributed by atoms with Crippen molar-refractivity contribution >= 4 is 11.8 Å². The molecule has 0 aromatic carbocycles. The van der Waals surface area contributed by atoms with Gasteiger partial charge < -0.3 is 5.32 Å². The van der Waals surface area contributed by atoms with Gasteiger partial charge in [0.15, 0.2) is 0 Å². The van der Waals surface area contributed by atoms with E-state index in [1.54, 1.807) is 5.43 Å². The highest BCUT2D eigenvalue weighted by Crippen LogP contribution is 2.13. The summed E-state index contributed by atoms with van der Waals surface area (Å²) in [4.78, 5) is 21.4. The molecule has 3 N–H and O–H groups in total. The zero-order chi connectivity index (χ0) is 11.5. The summed E-state index contributed by atoms with van der Waals surface area (Å²) in [6.07, 6.45) is -3.66. The number of hydrogen-bond acceptors (Lipinski definition) is 3. The fraction of sp³-hybridized carbons (Fsp3) is 0.714. The van der Waals surface area contributed by atoms with Crippen LogP contribution in [-0.4, -0.2) is 30.6 Å². The summed E-state index contributed by atoms with van der Waals surface area (Å²) < 4.78 is 35.1. The molecule has 0 aromatic rings. The van der Waals surface area contributed by atoms with Gasteiger partial charge in [-0.1, -0.05) is 0 Å². The molecule has 86 valence electrons. The van der Waals surface area contributed by atoms with Crippen molar-refractivity contribution in [2.45, 2.75) is 25.1 Å². The number of carbonyl (C=O) groups excluding carboxylic acids is 2. The van der Waals surface area contributed by atoms with E-state index in [1.807, 2.05) is 0 Å². The molecule has 5 nitrogen and oxygen atoms in total. The van der Waals surface area contributed by atoms with Gasteiger partial charge in [0.25, 0.3) is 5.91 Å². The topological polar surface area (TPSA) is 70.2 Å². The van der Waals surface area contributed by atoms with Crippen LogP contribution in [-0.2, 0) is 9.59 Å². The monoisotopic (exact) mass is 225 g/mol. The molecule has 1 aliphatic heterocycles. The molecule has 1 heterocycles. The average molecular weight is 225 g/mol. The molecule has 15 heavy (non-hydrogen) atoms. The summed E-state index contributed by atoms with van der Waals surface area (Å²) >= 11 is 0. The van der Waals surface area contributed by atoms with Gasteiger partial charge in [-0.2, -0.15) is 13.2 Å². The van der Waals surface area contributed by atoms with Crippen LogP contribution in [0.3, 0.4) is 0 Å². The molecule has 1 fully saturated rings. The van der Waals surface area contributed by atoms with Crippen LogP contribution < -0.4 is 16.2 Å². The Balaban J connectivity index is 2.30. The summed E-state index contributed by atoms with van der Waals surface area (Å²) in [5, 5.41) is 2.77. The Hall–Kier alpha value is -1.31. The molecular weight excluding hydrogens is 215 g/mol. The molecule has 0 bridgehead atoms.